The molecule has 10 nitrogen and oxygen atoms in total. The van der Waals surface area contributed by atoms with Gasteiger partial charge in [0.05, 0.1) is 14.7 Å². The third kappa shape index (κ3) is 6.64. The van der Waals surface area contributed by atoms with E-state index < -0.39 is 61.6 Å². The first-order valence-electron chi connectivity index (χ1n) is 5.40. The van der Waals surface area contributed by atoms with Gasteiger partial charge in [0.1, 0.15) is 36.1 Å². The summed E-state index contributed by atoms with van der Waals surface area (Å²) in [6.07, 6.45) is 0. The minimum atomic E-state index is -5.27. The minimum absolute atomic E-state index is 0. The Balaban J connectivity index is 0. The van der Waals surface area contributed by atoms with Crippen molar-refractivity contribution in [3.63, 3.8) is 0 Å². The van der Waals surface area contributed by atoms with Gasteiger partial charge >= 0.3 is 88.7 Å². The van der Waals surface area contributed by atoms with Crippen LogP contribution in [0.5, 0.6) is 5.75 Å². The molecule has 0 aliphatic carbocycles. The van der Waals surface area contributed by atoms with Gasteiger partial charge in [0, 0.05) is 5.39 Å². The SMILES string of the molecule is O=S(=O)([O-])c1cc(S(=O)(=O)[O-])c2cc(O)c(S(=O)(=O)[O-])cc2c1.[Na+].[Na+].[Na+]. The fourth-order valence-corrected chi connectivity index (χ4v) is 3.78. The summed E-state index contributed by atoms with van der Waals surface area (Å²) in [6.45, 7) is 0. The fourth-order valence-electron chi connectivity index (χ4n) is 1.87. The summed E-state index contributed by atoms with van der Waals surface area (Å²) in [5, 5.41) is 8.45. The number of hydrogen-bond donors (Lipinski definition) is 1. The first-order chi connectivity index (χ1) is 10.2. The molecule has 0 aliphatic rings. The van der Waals surface area contributed by atoms with E-state index in [0.717, 1.165) is 0 Å². The van der Waals surface area contributed by atoms with Gasteiger partial charge < -0.3 is 18.8 Å². The average Bonchev–Trinajstić information content (AvgIpc) is 2.32. The number of benzene rings is 2. The molecule has 0 radical (unpaired) electrons. The van der Waals surface area contributed by atoms with Crippen molar-refractivity contribution in [3.05, 3.63) is 24.3 Å². The fraction of sp³-hybridized carbons (Fsp3) is 0. The van der Waals surface area contributed by atoms with Crippen molar-refractivity contribution in [2.75, 3.05) is 0 Å². The predicted molar refractivity (Wildman–Crippen MR) is 69.5 cm³/mol. The molecule has 2 aromatic rings. The first kappa shape index (κ1) is 29.4. The smallest absolute Gasteiger partial charge is 0.744 e. The molecule has 0 bridgehead atoms. The van der Waals surface area contributed by atoms with Crippen LogP contribution in [0, 0.1) is 0 Å². The topological polar surface area (TPSA) is 192 Å². The number of phenols is 1. The van der Waals surface area contributed by atoms with Crippen molar-refractivity contribution >= 4 is 41.1 Å². The molecule has 0 saturated heterocycles. The van der Waals surface area contributed by atoms with E-state index in [0.29, 0.717) is 18.2 Å². The Morgan fingerprint density at radius 3 is 1.50 bits per heavy atom. The Morgan fingerprint density at radius 2 is 1.12 bits per heavy atom. The van der Waals surface area contributed by atoms with Crippen molar-refractivity contribution < 1.29 is 133 Å². The zero-order chi connectivity index (χ0) is 17.8. The van der Waals surface area contributed by atoms with Gasteiger partial charge in [0.15, 0.2) is 0 Å². The Kier molecular flexibility index (Phi) is 11.1. The molecule has 0 atom stereocenters. The molecule has 0 amide bonds. The molecule has 2 aromatic carbocycles. The molecule has 0 unspecified atom stereocenters. The zero-order valence-electron chi connectivity index (χ0n) is 13.7. The second-order valence-corrected chi connectivity index (χ2v) is 8.40. The summed E-state index contributed by atoms with van der Waals surface area (Å²) in [7, 11) is -15.6. The molecule has 2 rings (SSSR count). The van der Waals surface area contributed by atoms with Crippen LogP contribution < -0.4 is 88.7 Å². The van der Waals surface area contributed by atoms with Crippen molar-refractivity contribution in [1.82, 2.24) is 0 Å². The predicted octanol–water partition coefficient (Wildman–Crippen LogP) is -9.73. The van der Waals surface area contributed by atoms with Gasteiger partial charge in [-0.05, 0) is 29.7 Å². The largest absolute Gasteiger partial charge is 1.00 e. The summed E-state index contributed by atoms with van der Waals surface area (Å²) in [6, 6.07) is 1.85. The van der Waals surface area contributed by atoms with Gasteiger partial charge in [-0.15, -0.1) is 0 Å². The van der Waals surface area contributed by atoms with Crippen LogP contribution >= 0.6 is 0 Å². The normalized spacial score (nSPS) is 11.8. The van der Waals surface area contributed by atoms with E-state index in [-0.39, 0.29) is 94.7 Å². The molecule has 0 aromatic heterocycles. The molecule has 16 heteroatoms. The van der Waals surface area contributed by atoms with Crippen molar-refractivity contribution in [2.45, 2.75) is 14.7 Å². The molecule has 0 fully saturated rings. The maximum absolute atomic E-state index is 11.2. The number of rotatable bonds is 3. The van der Waals surface area contributed by atoms with Crippen molar-refractivity contribution in [3.8, 4) is 5.75 Å². The third-order valence-corrected chi connectivity index (χ3v) is 5.35. The molecule has 26 heavy (non-hydrogen) atoms. The summed E-state index contributed by atoms with van der Waals surface area (Å²) in [5.74, 6) is -1.13. The van der Waals surface area contributed by atoms with Crippen LogP contribution in [0.25, 0.3) is 10.8 Å². The Labute approximate surface area is 215 Å². The average molecular weight is 450 g/mol. The van der Waals surface area contributed by atoms with Crippen LogP contribution in [0.2, 0.25) is 0 Å². The van der Waals surface area contributed by atoms with Gasteiger partial charge in [-0.25, -0.2) is 25.3 Å². The number of aromatic hydroxyl groups is 1. The van der Waals surface area contributed by atoms with Crippen LogP contribution in [0.1, 0.15) is 0 Å². The summed E-state index contributed by atoms with van der Waals surface area (Å²) < 4.78 is 99.6. The van der Waals surface area contributed by atoms with Crippen LogP contribution in [0.4, 0.5) is 0 Å². The van der Waals surface area contributed by atoms with E-state index in [4.69, 9.17) is 0 Å². The molecule has 0 aliphatic heterocycles. The molecule has 0 saturated carbocycles. The number of fused-ring (bicyclic) bond motifs is 1. The summed E-state index contributed by atoms with van der Waals surface area (Å²) in [5.41, 5.74) is 0. The van der Waals surface area contributed by atoms with Crippen molar-refractivity contribution in [1.29, 1.82) is 0 Å². The second kappa shape index (κ2) is 9.82. The third-order valence-electron chi connectivity index (χ3n) is 2.80. The Bertz CT molecular complexity index is 1140. The minimum Gasteiger partial charge on any atom is -0.744 e. The van der Waals surface area contributed by atoms with E-state index in [9.17, 15) is 44.0 Å². The molecule has 0 heterocycles. The number of phenolic OH excluding ortho intramolecular Hbond substituents is 1. The Morgan fingerprint density at radius 1 is 0.654 bits per heavy atom. The van der Waals surface area contributed by atoms with E-state index in [2.05, 4.69) is 0 Å². The van der Waals surface area contributed by atoms with Crippen LogP contribution in [-0.4, -0.2) is 44.0 Å². The van der Waals surface area contributed by atoms with Gasteiger partial charge in [-0.2, -0.15) is 0 Å². The van der Waals surface area contributed by atoms with Crippen LogP contribution in [-0.2, 0) is 30.4 Å². The quantitative estimate of drug-likeness (QED) is 0.347. The van der Waals surface area contributed by atoms with E-state index >= 15 is 0 Å². The van der Waals surface area contributed by atoms with Gasteiger partial charge in [0.2, 0.25) is 0 Å². The molecule has 126 valence electrons. The zero-order valence-corrected chi connectivity index (χ0v) is 22.1. The summed E-state index contributed by atoms with van der Waals surface area (Å²) >= 11 is 0. The van der Waals surface area contributed by atoms with Crippen LogP contribution in [0.15, 0.2) is 39.0 Å². The van der Waals surface area contributed by atoms with E-state index in [1.165, 1.54) is 0 Å². The van der Waals surface area contributed by atoms with Gasteiger partial charge in [-0.1, -0.05) is 0 Å². The molecular formula is C10H5Na3O10S3. The maximum atomic E-state index is 11.2. The Hall–Kier alpha value is 1.23. The van der Waals surface area contributed by atoms with Crippen LogP contribution in [0.3, 0.4) is 0 Å². The second-order valence-electron chi connectivity index (χ2n) is 4.32. The standard InChI is InChI=1S/C10H8O10S3.3Na/c11-8-4-7-5(2-10(8)23(18,19)20)1-6(21(12,13)14)3-9(7)22(15,16)17;;;/h1-4,11H,(H,12,13,14)(H,15,16,17)(H,18,19,20);;;/q;3*+1/p-3. The molecular weight excluding hydrogens is 445 g/mol. The molecule has 1 N–H and O–H groups in total. The summed E-state index contributed by atoms with van der Waals surface area (Å²) in [4.78, 5) is -3.44. The van der Waals surface area contributed by atoms with E-state index in [1.54, 1.807) is 0 Å². The van der Waals surface area contributed by atoms with Crippen molar-refractivity contribution in [2.24, 2.45) is 0 Å². The first-order valence-corrected chi connectivity index (χ1v) is 9.62. The monoisotopic (exact) mass is 450 g/mol. The van der Waals surface area contributed by atoms with Gasteiger partial charge in [-0.3, -0.25) is 0 Å². The van der Waals surface area contributed by atoms with E-state index in [1.807, 2.05) is 0 Å². The molecule has 0 spiro atoms. The van der Waals surface area contributed by atoms with Gasteiger partial charge in [0.25, 0.3) is 0 Å². The maximum Gasteiger partial charge on any atom is 1.00 e. The number of hydrogen-bond acceptors (Lipinski definition) is 10.